The van der Waals surface area contributed by atoms with Gasteiger partial charge in [-0.3, -0.25) is 0 Å². The minimum absolute atomic E-state index is 0. The van der Waals surface area contributed by atoms with Crippen molar-refractivity contribution in [3.05, 3.63) is 18.3 Å². The Hall–Kier alpha value is -0.580. The van der Waals surface area contributed by atoms with Crippen LogP contribution in [0.2, 0.25) is 0 Å². The maximum Gasteiger partial charge on any atom is 1.00 e. The molecular formula is C6H3N2NaO2. The number of aromatic nitrogens is 2. The Morgan fingerprint density at radius 3 is 3.00 bits per heavy atom. The van der Waals surface area contributed by atoms with E-state index < -0.39 is 0 Å². The number of hydrogen-bond donors (Lipinski definition) is 0. The summed E-state index contributed by atoms with van der Waals surface area (Å²) in [6, 6.07) is 3.29. The van der Waals surface area contributed by atoms with E-state index in [0.717, 1.165) is 0 Å². The van der Waals surface area contributed by atoms with Gasteiger partial charge >= 0.3 is 29.6 Å². The number of pyridine rings is 1. The SMILES string of the molecule is [Na+].[O-]c1noc2ncccc12. The smallest absolute Gasteiger partial charge is 0.856 e. The van der Waals surface area contributed by atoms with Crippen molar-refractivity contribution in [1.29, 1.82) is 0 Å². The minimum atomic E-state index is -0.358. The van der Waals surface area contributed by atoms with Crippen molar-refractivity contribution >= 4 is 11.1 Å². The summed E-state index contributed by atoms with van der Waals surface area (Å²) in [6.45, 7) is 0. The first kappa shape index (κ1) is 8.52. The quantitative estimate of drug-likeness (QED) is 0.391. The zero-order valence-electron chi connectivity index (χ0n) is 5.94. The van der Waals surface area contributed by atoms with E-state index in [9.17, 15) is 5.11 Å². The summed E-state index contributed by atoms with van der Waals surface area (Å²) in [5, 5.41) is 14.4. The Balaban J connectivity index is 0.000000605. The van der Waals surface area contributed by atoms with Crippen LogP contribution in [0.1, 0.15) is 0 Å². The second-order valence-electron chi connectivity index (χ2n) is 1.84. The summed E-state index contributed by atoms with van der Waals surface area (Å²) in [6.07, 6.45) is 1.55. The summed E-state index contributed by atoms with van der Waals surface area (Å²) in [7, 11) is 0. The topological polar surface area (TPSA) is 62.0 Å². The molecule has 0 aliphatic carbocycles. The molecule has 0 unspecified atom stereocenters. The molecule has 0 saturated heterocycles. The number of rotatable bonds is 0. The van der Waals surface area contributed by atoms with Crippen LogP contribution < -0.4 is 34.7 Å². The summed E-state index contributed by atoms with van der Waals surface area (Å²) >= 11 is 0. The fraction of sp³-hybridized carbons (Fsp3) is 0. The molecule has 0 aliphatic rings. The van der Waals surface area contributed by atoms with Crippen molar-refractivity contribution < 1.29 is 39.2 Å². The van der Waals surface area contributed by atoms with Gasteiger partial charge < -0.3 is 9.63 Å². The van der Waals surface area contributed by atoms with E-state index in [1.807, 2.05) is 0 Å². The van der Waals surface area contributed by atoms with Gasteiger partial charge in [-0.15, -0.1) is 0 Å². The molecule has 5 heteroatoms. The molecule has 0 fully saturated rings. The van der Waals surface area contributed by atoms with E-state index >= 15 is 0 Å². The Morgan fingerprint density at radius 2 is 2.27 bits per heavy atom. The molecule has 50 valence electrons. The van der Waals surface area contributed by atoms with Crippen LogP contribution in [0, 0.1) is 0 Å². The van der Waals surface area contributed by atoms with Crippen LogP contribution in [-0.2, 0) is 0 Å². The van der Waals surface area contributed by atoms with Crippen LogP contribution in [0.4, 0.5) is 0 Å². The maximum absolute atomic E-state index is 10.7. The molecule has 2 aromatic rings. The van der Waals surface area contributed by atoms with Crippen LogP contribution in [0.15, 0.2) is 22.9 Å². The summed E-state index contributed by atoms with van der Waals surface area (Å²) in [4.78, 5) is 3.77. The number of fused-ring (bicyclic) bond motifs is 1. The van der Waals surface area contributed by atoms with Gasteiger partial charge in [0.15, 0.2) is 0 Å². The Morgan fingerprint density at radius 1 is 1.45 bits per heavy atom. The monoisotopic (exact) mass is 158 g/mol. The van der Waals surface area contributed by atoms with Crippen LogP contribution in [0.3, 0.4) is 0 Å². The molecule has 0 N–H and O–H groups in total. The average molecular weight is 158 g/mol. The largest absolute Gasteiger partial charge is 1.00 e. The predicted octanol–water partition coefficient (Wildman–Crippen LogP) is -2.70. The molecule has 2 rings (SSSR count). The molecule has 0 spiro atoms. The second kappa shape index (κ2) is 3.21. The van der Waals surface area contributed by atoms with Crippen LogP contribution in [0.5, 0.6) is 5.88 Å². The van der Waals surface area contributed by atoms with Gasteiger partial charge in [0.25, 0.3) is 5.71 Å². The molecule has 2 aromatic heterocycles. The van der Waals surface area contributed by atoms with Gasteiger partial charge in [0, 0.05) is 12.1 Å². The first-order valence-electron chi connectivity index (χ1n) is 2.75. The Labute approximate surface area is 84.5 Å². The first-order chi connectivity index (χ1) is 4.88. The van der Waals surface area contributed by atoms with Gasteiger partial charge in [0.1, 0.15) is 0 Å². The number of hydrogen-bond acceptors (Lipinski definition) is 4. The molecule has 0 bridgehead atoms. The van der Waals surface area contributed by atoms with Gasteiger partial charge in [-0.25, -0.2) is 4.98 Å². The van der Waals surface area contributed by atoms with Crippen LogP contribution in [-0.4, -0.2) is 10.1 Å². The van der Waals surface area contributed by atoms with Gasteiger partial charge in [0.05, 0.1) is 5.39 Å². The Bertz CT molecular complexity index is 360. The second-order valence-corrected chi connectivity index (χ2v) is 1.84. The Kier molecular flexibility index (Phi) is 2.49. The molecule has 0 saturated carbocycles. The number of nitrogens with zero attached hydrogens (tertiary/aromatic N) is 2. The minimum Gasteiger partial charge on any atom is -0.856 e. The molecule has 0 aromatic carbocycles. The predicted molar refractivity (Wildman–Crippen MR) is 31.2 cm³/mol. The zero-order valence-corrected chi connectivity index (χ0v) is 7.94. The normalized spacial score (nSPS) is 9.45. The van der Waals surface area contributed by atoms with Crippen molar-refractivity contribution in [2.24, 2.45) is 0 Å². The van der Waals surface area contributed by atoms with E-state index in [2.05, 4.69) is 14.7 Å². The fourth-order valence-electron chi connectivity index (χ4n) is 0.760. The molecule has 0 radical (unpaired) electrons. The molecular weight excluding hydrogens is 155 g/mol. The van der Waals surface area contributed by atoms with Gasteiger partial charge in [-0.05, 0) is 12.1 Å². The van der Waals surface area contributed by atoms with E-state index in [4.69, 9.17) is 0 Å². The zero-order chi connectivity index (χ0) is 6.97. The van der Waals surface area contributed by atoms with Crippen molar-refractivity contribution in [2.45, 2.75) is 0 Å². The van der Waals surface area contributed by atoms with Crippen molar-refractivity contribution in [3.63, 3.8) is 0 Å². The van der Waals surface area contributed by atoms with E-state index in [1.54, 1.807) is 18.3 Å². The third kappa shape index (κ3) is 1.38. The molecule has 0 atom stereocenters. The maximum atomic E-state index is 10.7. The molecule has 0 amide bonds. The van der Waals surface area contributed by atoms with E-state index in [0.29, 0.717) is 11.1 Å². The van der Waals surface area contributed by atoms with Crippen molar-refractivity contribution in [2.75, 3.05) is 0 Å². The van der Waals surface area contributed by atoms with Crippen molar-refractivity contribution in [1.82, 2.24) is 10.1 Å². The van der Waals surface area contributed by atoms with Gasteiger partial charge in [-0.2, -0.15) is 0 Å². The molecule has 2 heterocycles. The average Bonchev–Trinajstić information content (AvgIpc) is 2.34. The van der Waals surface area contributed by atoms with Gasteiger partial charge in [0.2, 0.25) is 0 Å². The molecule has 4 nitrogen and oxygen atoms in total. The van der Waals surface area contributed by atoms with Crippen molar-refractivity contribution in [3.8, 4) is 5.88 Å². The van der Waals surface area contributed by atoms with Crippen LogP contribution >= 0.6 is 0 Å². The van der Waals surface area contributed by atoms with E-state index in [-0.39, 0.29) is 35.4 Å². The third-order valence-electron chi connectivity index (χ3n) is 1.22. The molecule has 0 aliphatic heterocycles. The van der Waals surface area contributed by atoms with Gasteiger partial charge in [-0.1, -0.05) is 5.16 Å². The summed E-state index contributed by atoms with van der Waals surface area (Å²) < 4.78 is 4.58. The molecule has 11 heavy (non-hydrogen) atoms. The first-order valence-corrected chi connectivity index (χ1v) is 2.75. The standard InChI is InChI=1S/C6H4N2O2.Na/c9-5-4-2-1-3-7-6(4)10-8-5;/h1-3H,(H,8,9);/q;+1/p-1. The van der Waals surface area contributed by atoms with E-state index in [1.165, 1.54) is 0 Å². The van der Waals surface area contributed by atoms with Crippen LogP contribution in [0.25, 0.3) is 11.1 Å². The third-order valence-corrected chi connectivity index (χ3v) is 1.22. The summed E-state index contributed by atoms with van der Waals surface area (Å²) in [5.41, 5.74) is 0.299. The summed E-state index contributed by atoms with van der Waals surface area (Å²) in [5.74, 6) is -0.358. The fourth-order valence-corrected chi connectivity index (χ4v) is 0.760.